The minimum Gasteiger partial charge on any atom is -0.315 e. The summed E-state index contributed by atoms with van der Waals surface area (Å²) in [6.07, 6.45) is 5.13. The summed E-state index contributed by atoms with van der Waals surface area (Å²) in [7, 11) is 0. The van der Waals surface area contributed by atoms with Crippen molar-refractivity contribution in [1.29, 1.82) is 0 Å². The summed E-state index contributed by atoms with van der Waals surface area (Å²) in [6, 6.07) is 5.86. The number of hydrogen-bond donors (Lipinski definition) is 1. The SMILES string of the molecule is Clc1ccc(CCNCCN2CCCCC2)cc1Cl. The van der Waals surface area contributed by atoms with E-state index in [0.29, 0.717) is 10.0 Å². The summed E-state index contributed by atoms with van der Waals surface area (Å²) < 4.78 is 0. The van der Waals surface area contributed by atoms with Gasteiger partial charge < -0.3 is 10.2 Å². The molecule has 1 heterocycles. The van der Waals surface area contributed by atoms with Crippen LogP contribution in [0.3, 0.4) is 0 Å². The van der Waals surface area contributed by atoms with Gasteiger partial charge in [-0.05, 0) is 56.6 Å². The number of benzene rings is 1. The van der Waals surface area contributed by atoms with Gasteiger partial charge in [0.25, 0.3) is 0 Å². The van der Waals surface area contributed by atoms with E-state index < -0.39 is 0 Å². The molecule has 0 aliphatic carbocycles. The van der Waals surface area contributed by atoms with Crippen molar-refractivity contribution >= 4 is 23.2 Å². The van der Waals surface area contributed by atoms with E-state index in [-0.39, 0.29) is 0 Å². The molecule has 1 N–H and O–H groups in total. The summed E-state index contributed by atoms with van der Waals surface area (Å²) in [5, 5.41) is 4.77. The van der Waals surface area contributed by atoms with E-state index in [1.807, 2.05) is 18.2 Å². The molecule has 1 aromatic carbocycles. The number of likely N-dealkylation sites (tertiary alicyclic amines) is 1. The van der Waals surface area contributed by atoms with Gasteiger partial charge in [-0.1, -0.05) is 35.7 Å². The molecule has 106 valence electrons. The van der Waals surface area contributed by atoms with Crippen molar-refractivity contribution in [3.05, 3.63) is 33.8 Å². The molecule has 1 aromatic rings. The van der Waals surface area contributed by atoms with Crippen molar-refractivity contribution in [2.24, 2.45) is 0 Å². The summed E-state index contributed by atoms with van der Waals surface area (Å²) in [4.78, 5) is 2.55. The summed E-state index contributed by atoms with van der Waals surface area (Å²) in [5.74, 6) is 0. The fraction of sp³-hybridized carbons (Fsp3) is 0.600. The van der Waals surface area contributed by atoms with Gasteiger partial charge in [0, 0.05) is 13.1 Å². The largest absolute Gasteiger partial charge is 0.315 e. The average Bonchev–Trinajstić information content (AvgIpc) is 2.43. The Morgan fingerprint density at radius 3 is 2.53 bits per heavy atom. The molecule has 4 heteroatoms. The Kier molecular flexibility index (Phi) is 6.45. The Morgan fingerprint density at radius 1 is 1.00 bits per heavy atom. The quantitative estimate of drug-likeness (QED) is 0.808. The molecule has 0 atom stereocenters. The number of rotatable bonds is 6. The first-order chi connectivity index (χ1) is 9.25. The topological polar surface area (TPSA) is 15.3 Å². The molecular formula is C15H22Cl2N2. The van der Waals surface area contributed by atoms with E-state index in [1.165, 1.54) is 44.5 Å². The second-order valence-electron chi connectivity index (χ2n) is 5.15. The fourth-order valence-corrected chi connectivity index (χ4v) is 2.79. The first-order valence-electron chi connectivity index (χ1n) is 7.13. The maximum atomic E-state index is 6.00. The van der Waals surface area contributed by atoms with Gasteiger partial charge in [-0.3, -0.25) is 0 Å². The van der Waals surface area contributed by atoms with Crippen LogP contribution >= 0.6 is 23.2 Å². The van der Waals surface area contributed by atoms with Crippen molar-refractivity contribution in [1.82, 2.24) is 10.2 Å². The Morgan fingerprint density at radius 2 is 1.79 bits per heavy atom. The molecule has 0 bridgehead atoms. The van der Waals surface area contributed by atoms with Gasteiger partial charge in [0.15, 0.2) is 0 Å². The molecule has 1 fully saturated rings. The first kappa shape index (κ1) is 15.1. The predicted octanol–water partition coefficient (Wildman–Crippen LogP) is 3.61. The zero-order valence-corrected chi connectivity index (χ0v) is 12.8. The maximum Gasteiger partial charge on any atom is 0.0595 e. The number of hydrogen-bond acceptors (Lipinski definition) is 2. The van der Waals surface area contributed by atoms with E-state index >= 15 is 0 Å². The first-order valence-corrected chi connectivity index (χ1v) is 7.88. The van der Waals surface area contributed by atoms with Crippen LogP contribution in [0.2, 0.25) is 10.0 Å². The minimum absolute atomic E-state index is 0.628. The molecule has 0 unspecified atom stereocenters. The second-order valence-corrected chi connectivity index (χ2v) is 5.97. The molecule has 19 heavy (non-hydrogen) atoms. The van der Waals surface area contributed by atoms with Gasteiger partial charge in [0.1, 0.15) is 0 Å². The van der Waals surface area contributed by atoms with Gasteiger partial charge >= 0.3 is 0 Å². The summed E-state index contributed by atoms with van der Waals surface area (Å²) >= 11 is 11.9. The normalized spacial score (nSPS) is 16.7. The Balaban J connectivity index is 1.59. The third-order valence-corrected chi connectivity index (χ3v) is 4.37. The van der Waals surface area contributed by atoms with Crippen LogP contribution in [0.15, 0.2) is 18.2 Å². The summed E-state index contributed by atoms with van der Waals surface area (Å²) in [6.45, 7) is 5.78. The number of nitrogens with zero attached hydrogens (tertiary/aromatic N) is 1. The van der Waals surface area contributed by atoms with E-state index in [0.717, 1.165) is 19.5 Å². The minimum atomic E-state index is 0.628. The highest BCUT2D eigenvalue weighted by atomic mass is 35.5. The Bertz CT molecular complexity index is 390. The lowest BCUT2D eigenvalue weighted by molar-refractivity contribution is 0.229. The van der Waals surface area contributed by atoms with Crippen molar-refractivity contribution in [3.63, 3.8) is 0 Å². The van der Waals surface area contributed by atoms with Gasteiger partial charge in [-0.2, -0.15) is 0 Å². The summed E-state index contributed by atoms with van der Waals surface area (Å²) in [5.41, 5.74) is 1.24. The number of halogens is 2. The third kappa shape index (κ3) is 5.31. The van der Waals surface area contributed by atoms with E-state index in [4.69, 9.17) is 23.2 Å². The molecule has 1 saturated heterocycles. The lowest BCUT2D eigenvalue weighted by Crippen LogP contribution is -2.36. The number of piperidine rings is 1. The zero-order valence-electron chi connectivity index (χ0n) is 11.3. The smallest absolute Gasteiger partial charge is 0.0595 e. The third-order valence-electron chi connectivity index (χ3n) is 3.63. The highest BCUT2D eigenvalue weighted by molar-refractivity contribution is 6.42. The van der Waals surface area contributed by atoms with Crippen LogP contribution in [0.4, 0.5) is 0 Å². The molecule has 2 rings (SSSR count). The predicted molar refractivity (Wildman–Crippen MR) is 83.3 cm³/mol. The molecule has 1 aliphatic rings. The molecule has 2 nitrogen and oxygen atoms in total. The van der Waals surface area contributed by atoms with Crippen molar-refractivity contribution < 1.29 is 0 Å². The number of nitrogens with one attached hydrogen (secondary N) is 1. The highest BCUT2D eigenvalue weighted by Crippen LogP contribution is 2.22. The average molecular weight is 301 g/mol. The second kappa shape index (κ2) is 8.11. The van der Waals surface area contributed by atoms with Crippen LogP contribution in [-0.4, -0.2) is 37.6 Å². The van der Waals surface area contributed by atoms with Crippen LogP contribution in [0, 0.1) is 0 Å². The molecule has 0 radical (unpaired) electrons. The standard InChI is InChI=1S/C15H22Cl2N2/c16-14-5-4-13(12-15(14)17)6-7-18-8-11-19-9-2-1-3-10-19/h4-5,12,18H,1-3,6-11H2. The van der Waals surface area contributed by atoms with Crippen LogP contribution in [0.25, 0.3) is 0 Å². The van der Waals surface area contributed by atoms with E-state index in [1.54, 1.807) is 0 Å². The van der Waals surface area contributed by atoms with Crippen molar-refractivity contribution in [2.75, 3.05) is 32.7 Å². The van der Waals surface area contributed by atoms with Crippen molar-refractivity contribution in [2.45, 2.75) is 25.7 Å². The lowest BCUT2D eigenvalue weighted by Gasteiger charge is -2.26. The van der Waals surface area contributed by atoms with Crippen molar-refractivity contribution in [3.8, 4) is 0 Å². The Hall–Kier alpha value is -0.280. The fourth-order valence-electron chi connectivity index (χ4n) is 2.47. The highest BCUT2D eigenvalue weighted by Gasteiger charge is 2.08. The van der Waals surface area contributed by atoms with Crippen LogP contribution in [0.5, 0.6) is 0 Å². The molecule has 1 aliphatic heterocycles. The Labute approximate surface area is 126 Å². The molecule has 0 saturated carbocycles. The van der Waals surface area contributed by atoms with Gasteiger partial charge in [0.05, 0.1) is 10.0 Å². The lowest BCUT2D eigenvalue weighted by atomic mass is 10.1. The molecule has 0 spiro atoms. The monoisotopic (exact) mass is 300 g/mol. The molecule has 0 amide bonds. The van der Waals surface area contributed by atoms with Crippen LogP contribution in [0.1, 0.15) is 24.8 Å². The van der Waals surface area contributed by atoms with Crippen LogP contribution < -0.4 is 5.32 Å². The molecular weight excluding hydrogens is 279 g/mol. The van der Waals surface area contributed by atoms with Gasteiger partial charge in [-0.25, -0.2) is 0 Å². The van der Waals surface area contributed by atoms with E-state index in [2.05, 4.69) is 10.2 Å². The van der Waals surface area contributed by atoms with Crippen LogP contribution in [-0.2, 0) is 6.42 Å². The maximum absolute atomic E-state index is 6.00. The van der Waals surface area contributed by atoms with Gasteiger partial charge in [0.2, 0.25) is 0 Å². The molecule has 0 aromatic heterocycles. The van der Waals surface area contributed by atoms with Gasteiger partial charge in [-0.15, -0.1) is 0 Å². The zero-order chi connectivity index (χ0) is 13.5. The van der Waals surface area contributed by atoms with E-state index in [9.17, 15) is 0 Å².